The summed E-state index contributed by atoms with van der Waals surface area (Å²) in [6.45, 7) is 7.30. The number of aryl methyl sites for hydroxylation is 3. The number of carbonyl (C=O) groups is 1. The van der Waals surface area contributed by atoms with Gasteiger partial charge < -0.3 is 5.32 Å². The van der Waals surface area contributed by atoms with Gasteiger partial charge in [0.15, 0.2) is 0 Å². The SMILES string of the molecule is Cc1cccc(NS(=O)(=O)c2cc(C(=O)Nc3ccc(S(=O)(=O)Nc4c(C)cccc4C)cc3)ccc2Cl)c1C. The largest absolute Gasteiger partial charge is 0.322 e. The molecule has 8 nitrogen and oxygen atoms in total. The smallest absolute Gasteiger partial charge is 0.263 e. The van der Waals surface area contributed by atoms with Crippen molar-refractivity contribution in [3.05, 3.63) is 112 Å². The van der Waals surface area contributed by atoms with Crippen LogP contribution >= 0.6 is 11.6 Å². The van der Waals surface area contributed by atoms with Crippen LogP contribution in [0.3, 0.4) is 0 Å². The minimum absolute atomic E-state index is 0.0190. The predicted octanol–water partition coefficient (Wildman–Crippen LogP) is 6.43. The van der Waals surface area contributed by atoms with Crippen LogP contribution in [0, 0.1) is 27.7 Å². The number of sulfonamides is 2. The molecule has 40 heavy (non-hydrogen) atoms. The normalized spacial score (nSPS) is 11.6. The highest BCUT2D eigenvalue weighted by molar-refractivity contribution is 7.93. The Labute approximate surface area is 239 Å². The van der Waals surface area contributed by atoms with E-state index < -0.39 is 26.0 Å². The van der Waals surface area contributed by atoms with Crippen molar-refractivity contribution in [2.75, 3.05) is 14.8 Å². The number of para-hydroxylation sites is 1. The summed E-state index contributed by atoms with van der Waals surface area (Å²) in [4.78, 5) is 12.7. The first-order valence-electron chi connectivity index (χ1n) is 12.2. The van der Waals surface area contributed by atoms with Crippen LogP contribution in [0.4, 0.5) is 17.1 Å². The van der Waals surface area contributed by atoms with Crippen LogP contribution in [0.25, 0.3) is 0 Å². The third kappa shape index (κ3) is 6.30. The second-order valence-electron chi connectivity index (χ2n) is 9.35. The van der Waals surface area contributed by atoms with Gasteiger partial charge in [-0.2, -0.15) is 0 Å². The van der Waals surface area contributed by atoms with Gasteiger partial charge in [-0.25, -0.2) is 16.8 Å². The van der Waals surface area contributed by atoms with Gasteiger partial charge in [0.05, 0.1) is 21.3 Å². The average molecular weight is 598 g/mol. The molecule has 3 N–H and O–H groups in total. The van der Waals surface area contributed by atoms with Gasteiger partial charge in [0.2, 0.25) is 0 Å². The first kappa shape index (κ1) is 29.1. The lowest BCUT2D eigenvalue weighted by Crippen LogP contribution is -2.17. The van der Waals surface area contributed by atoms with Crippen molar-refractivity contribution >= 4 is 54.6 Å². The molecule has 4 rings (SSSR count). The molecule has 0 unspecified atom stereocenters. The first-order chi connectivity index (χ1) is 18.8. The van der Waals surface area contributed by atoms with Crippen molar-refractivity contribution in [3.8, 4) is 0 Å². The lowest BCUT2D eigenvalue weighted by atomic mass is 10.1. The van der Waals surface area contributed by atoms with Gasteiger partial charge in [0.25, 0.3) is 26.0 Å². The highest BCUT2D eigenvalue weighted by atomic mass is 35.5. The molecule has 4 aromatic carbocycles. The minimum Gasteiger partial charge on any atom is -0.322 e. The van der Waals surface area contributed by atoms with E-state index in [0.717, 1.165) is 22.3 Å². The van der Waals surface area contributed by atoms with E-state index in [0.29, 0.717) is 17.1 Å². The van der Waals surface area contributed by atoms with Crippen molar-refractivity contribution in [2.24, 2.45) is 0 Å². The van der Waals surface area contributed by atoms with Gasteiger partial charge >= 0.3 is 0 Å². The second kappa shape index (κ2) is 11.3. The van der Waals surface area contributed by atoms with Crippen LogP contribution in [-0.4, -0.2) is 22.7 Å². The first-order valence-corrected chi connectivity index (χ1v) is 15.5. The fourth-order valence-electron chi connectivity index (χ4n) is 4.00. The van der Waals surface area contributed by atoms with Crippen LogP contribution in [0.5, 0.6) is 0 Å². The Morgan fingerprint density at radius 2 is 1.30 bits per heavy atom. The van der Waals surface area contributed by atoms with Crippen molar-refractivity contribution in [1.82, 2.24) is 0 Å². The maximum atomic E-state index is 13.1. The predicted molar refractivity (Wildman–Crippen MR) is 159 cm³/mol. The number of benzene rings is 4. The monoisotopic (exact) mass is 597 g/mol. The summed E-state index contributed by atoms with van der Waals surface area (Å²) in [7, 11) is -7.97. The molecule has 11 heteroatoms. The number of halogens is 1. The molecule has 208 valence electrons. The van der Waals surface area contributed by atoms with Gasteiger partial charge in [-0.15, -0.1) is 0 Å². The summed E-state index contributed by atoms with van der Waals surface area (Å²) < 4.78 is 57.3. The Morgan fingerprint density at radius 1 is 0.700 bits per heavy atom. The quantitative estimate of drug-likeness (QED) is 0.216. The van der Waals surface area contributed by atoms with E-state index in [4.69, 9.17) is 11.6 Å². The molecule has 0 aromatic heterocycles. The Morgan fingerprint density at radius 3 is 1.95 bits per heavy atom. The Kier molecular flexibility index (Phi) is 8.25. The molecule has 0 bridgehead atoms. The molecule has 0 fully saturated rings. The van der Waals surface area contributed by atoms with E-state index in [-0.39, 0.29) is 20.4 Å². The number of nitrogens with one attached hydrogen (secondary N) is 3. The van der Waals surface area contributed by atoms with Crippen molar-refractivity contribution in [2.45, 2.75) is 37.5 Å². The number of rotatable bonds is 8. The number of hydrogen-bond acceptors (Lipinski definition) is 5. The standard InChI is InChI=1S/C29H28ClN3O5S2/c1-18-7-6-10-26(21(18)4)32-40(37,38)27-17-22(11-16-25(27)30)29(34)31-23-12-14-24(15-13-23)39(35,36)33-28-19(2)8-5-9-20(28)3/h5-17,32-33H,1-4H3,(H,31,34). The molecular weight excluding hydrogens is 570 g/mol. The molecule has 0 saturated carbocycles. The van der Waals surface area contributed by atoms with E-state index in [9.17, 15) is 21.6 Å². The van der Waals surface area contributed by atoms with Crippen LogP contribution in [0.15, 0.2) is 88.7 Å². The van der Waals surface area contributed by atoms with Crippen LogP contribution in [0.2, 0.25) is 5.02 Å². The summed E-state index contributed by atoms with van der Waals surface area (Å²) in [5, 5.41) is 2.62. The van der Waals surface area contributed by atoms with Gasteiger partial charge in [-0.1, -0.05) is 41.9 Å². The third-order valence-electron chi connectivity index (χ3n) is 6.47. The molecule has 0 saturated heterocycles. The Balaban J connectivity index is 1.52. The van der Waals surface area contributed by atoms with E-state index in [1.165, 1.54) is 42.5 Å². The zero-order valence-electron chi connectivity index (χ0n) is 22.2. The molecule has 0 atom stereocenters. The van der Waals surface area contributed by atoms with E-state index in [1.54, 1.807) is 19.1 Å². The van der Waals surface area contributed by atoms with Crippen LogP contribution < -0.4 is 14.8 Å². The molecule has 4 aromatic rings. The number of carbonyl (C=O) groups excluding carboxylic acids is 1. The molecule has 0 aliphatic carbocycles. The molecule has 0 radical (unpaired) electrons. The fraction of sp³-hybridized carbons (Fsp3) is 0.138. The summed E-state index contributed by atoms with van der Waals surface area (Å²) in [5.74, 6) is -0.593. The molecular formula is C29H28ClN3O5S2. The molecule has 0 aliphatic heterocycles. The average Bonchev–Trinajstić information content (AvgIpc) is 2.89. The lowest BCUT2D eigenvalue weighted by molar-refractivity contribution is 0.102. The van der Waals surface area contributed by atoms with E-state index in [1.807, 2.05) is 45.0 Å². The number of amides is 1. The maximum absolute atomic E-state index is 13.1. The Hall–Kier alpha value is -3.86. The maximum Gasteiger partial charge on any atom is 0.263 e. The van der Waals surface area contributed by atoms with E-state index >= 15 is 0 Å². The number of anilines is 3. The van der Waals surface area contributed by atoms with Crippen molar-refractivity contribution in [1.29, 1.82) is 0 Å². The fourth-order valence-corrected chi connectivity index (χ4v) is 6.85. The summed E-state index contributed by atoms with van der Waals surface area (Å²) >= 11 is 6.21. The highest BCUT2D eigenvalue weighted by Crippen LogP contribution is 2.28. The zero-order valence-corrected chi connectivity index (χ0v) is 24.6. The van der Waals surface area contributed by atoms with Gasteiger partial charge in [0.1, 0.15) is 4.90 Å². The van der Waals surface area contributed by atoms with Crippen LogP contribution in [0.1, 0.15) is 32.6 Å². The van der Waals surface area contributed by atoms with Crippen molar-refractivity contribution in [3.63, 3.8) is 0 Å². The number of hydrogen-bond donors (Lipinski definition) is 3. The lowest BCUT2D eigenvalue weighted by Gasteiger charge is -2.14. The molecule has 0 heterocycles. The summed E-state index contributed by atoms with van der Waals surface area (Å²) in [6.07, 6.45) is 0. The Bertz CT molecular complexity index is 1800. The zero-order chi connectivity index (χ0) is 29.2. The summed E-state index contributed by atoms with van der Waals surface area (Å²) in [6, 6.07) is 20.3. The summed E-state index contributed by atoms with van der Waals surface area (Å²) in [5.41, 5.74) is 4.57. The van der Waals surface area contributed by atoms with Gasteiger partial charge in [-0.3, -0.25) is 14.2 Å². The molecule has 1 amide bonds. The second-order valence-corrected chi connectivity index (χ2v) is 13.1. The third-order valence-corrected chi connectivity index (χ3v) is 9.68. The van der Waals surface area contributed by atoms with Gasteiger partial charge in [-0.05, 0) is 98.5 Å². The molecule has 0 spiro atoms. The van der Waals surface area contributed by atoms with Crippen LogP contribution in [-0.2, 0) is 20.0 Å². The van der Waals surface area contributed by atoms with E-state index in [2.05, 4.69) is 14.8 Å². The van der Waals surface area contributed by atoms with Gasteiger partial charge in [0, 0.05) is 11.3 Å². The van der Waals surface area contributed by atoms with Crippen molar-refractivity contribution < 1.29 is 21.6 Å². The molecule has 0 aliphatic rings. The minimum atomic E-state index is -4.10. The topological polar surface area (TPSA) is 121 Å². The highest BCUT2D eigenvalue weighted by Gasteiger charge is 2.22.